The number of aromatic nitrogens is 2. The van der Waals surface area contributed by atoms with Gasteiger partial charge in [-0.15, -0.1) is 0 Å². The molecule has 0 spiro atoms. The van der Waals surface area contributed by atoms with Crippen LogP contribution in [0.15, 0.2) is 35.3 Å². The van der Waals surface area contributed by atoms with Gasteiger partial charge >= 0.3 is 11.7 Å². The third kappa shape index (κ3) is 3.53. The van der Waals surface area contributed by atoms with Crippen LogP contribution in [0.4, 0.5) is 10.5 Å². The lowest BCUT2D eigenvalue weighted by atomic mass is 10.2. The lowest BCUT2D eigenvalue weighted by Gasteiger charge is -2.13. The fourth-order valence-electron chi connectivity index (χ4n) is 1.99. The Balaban J connectivity index is 2.26. The Hall–Kier alpha value is -2.50. The first-order valence-electron chi connectivity index (χ1n) is 6.90. The maximum atomic E-state index is 11.9. The molecule has 0 aliphatic carbocycles. The van der Waals surface area contributed by atoms with Gasteiger partial charge in [0.25, 0.3) is 0 Å². The monoisotopic (exact) mass is 288 g/mol. The lowest BCUT2D eigenvalue weighted by molar-refractivity contribution is 0.251. The molecule has 6 nitrogen and oxygen atoms in total. The SMILES string of the molecule is Cc1c[nH]c(=O)n1-c1ccccc1NC(=O)NCC(C)C. The predicted molar refractivity (Wildman–Crippen MR) is 83.0 cm³/mol. The molecule has 21 heavy (non-hydrogen) atoms. The summed E-state index contributed by atoms with van der Waals surface area (Å²) in [5, 5.41) is 5.57. The zero-order valence-electron chi connectivity index (χ0n) is 12.4. The third-order valence-electron chi connectivity index (χ3n) is 3.02. The number of nitrogens with zero attached hydrogens (tertiary/aromatic N) is 1. The van der Waals surface area contributed by atoms with E-state index in [4.69, 9.17) is 0 Å². The van der Waals surface area contributed by atoms with Crippen LogP contribution in [0.3, 0.4) is 0 Å². The molecule has 0 saturated heterocycles. The highest BCUT2D eigenvalue weighted by atomic mass is 16.2. The minimum Gasteiger partial charge on any atom is -0.338 e. The van der Waals surface area contributed by atoms with E-state index < -0.39 is 0 Å². The van der Waals surface area contributed by atoms with Crippen LogP contribution in [-0.4, -0.2) is 22.1 Å². The number of aromatic amines is 1. The van der Waals surface area contributed by atoms with Crippen molar-refractivity contribution in [3.05, 3.63) is 46.6 Å². The average molecular weight is 288 g/mol. The first kappa shape index (κ1) is 14.9. The van der Waals surface area contributed by atoms with Gasteiger partial charge in [0.05, 0.1) is 11.4 Å². The van der Waals surface area contributed by atoms with Crippen LogP contribution in [0, 0.1) is 12.8 Å². The topological polar surface area (TPSA) is 78.9 Å². The number of hydrogen-bond donors (Lipinski definition) is 3. The van der Waals surface area contributed by atoms with E-state index in [0.29, 0.717) is 23.8 Å². The van der Waals surface area contributed by atoms with E-state index in [1.165, 1.54) is 4.57 Å². The number of carbonyl (C=O) groups excluding carboxylic acids is 1. The number of rotatable bonds is 4. The molecule has 0 bridgehead atoms. The molecular weight excluding hydrogens is 268 g/mol. The Kier molecular flexibility index (Phi) is 4.47. The van der Waals surface area contributed by atoms with Crippen molar-refractivity contribution in [3.63, 3.8) is 0 Å². The predicted octanol–water partition coefficient (Wildman–Crippen LogP) is 2.25. The van der Waals surface area contributed by atoms with Crippen LogP contribution < -0.4 is 16.3 Å². The third-order valence-corrected chi connectivity index (χ3v) is 3.02. The van der Waals surface area contributed by atoms with E-state index in [2.05, 4.69) is 15.6 Å². The second-order valence-electron chi connectivity index (χ2n) is 5.32. The van der Waals surface area contributed by atoms with E-state index in [0.717, 1.165) is 5.69 Å². The van der Waals surface area contributed by atoms with Crippen LogP contribution in [0.2, 0.25) is 0 Å². The van der Waals surface area contributed by atoms with E-state index in [-0.39, 0.29) is 11.7 Å². The van der Waals surface area contributed by atoms with Crippen LogP contribution in [0.25, 0.3) is 5.69 Å². The summed E-state index contributed by atoms with van der Waals surface area (Å²) in [7, 11) is 0. The summed E-state index contributed by atoms with van der Waals surface area (Å²) in [5.74, 6) is 0.375. The summed E-state index contributed by atoms with van der Waals surface area (Å²) in [6.07, 6.45) is 1.64. The number of benzene rings is 1. The number of hydrogen-bond acceptors (Lipinski definition) is 2. The van der Waals surface area contributed by atoms with Gasteiger partial charge in [-0.3, -0.25) is 4.57 Å². The molecule has 2 amide bonds. The molecule has 6 heteroatoms. The first-order valence-corrected chi connectivity index (χ1v) is 6.90. The van der Waals surface area contributed by atoms with E-state index in [1.54, 1.807) is 18.3 Å². The normalized spacial score (nSPS) is 10.7. The molecule has 0 saturated carbocycles. The molecule has 2 aromatic rings. The molecule has 2 rings (SSSR count). The quantitative estimate of drug-likeness (QED) is 0.806. The van der Waals surface area contributed by atoms with Crippen LogP contribution in [-0.2, 0) is 0 Å². The molecule has 112 valence electrons. The maximum Gasteiger partial charge on any atom is 0.330 e. The fourth-order valence-corrected chi connectivity index (χ4v) is 1.99. The summed E-state index contributed by atoms with van der Waals surface area (Å²) in [6.45, 7) is 6.47. The highest BCUT2D eigenvalue weighted by Gasteiger charge is 2.11. The molecule has 0 fully saturated rings. The van der Waals surface area contributed by atoms with Gasteiger partial charge in [-0.2, -0.15) is 0 Å². The highest BCUT2D eigenvalue weighted by molar-refractivity contribution is 5.91. The van der Waals surface area contributed by atoms with Crippen molar-refractivity contribution in [3.8, 4) is 5.69 Å². The van der Waals surface area contributed by atoms with Crippen molar-refractivity contribution >= 4 is 11.7 Å². The second kappa shape index (κ2) is 6.30. The fraction of sp³-hybridized carbons (Fsp3) is 0.333. The molecule has 1 heterocycles. The molecular formula is C15H20N4O2. The van der Waals surface area contributed by atoms with E-state index in [1.807, 2.05) is 32.9 Å². The first-order chi connectivity index (χ1) is 9.99. The van der Waals surface area contributed by atoms with Gasteiger partial charge in [0.2, 0.25) is 0 Å². The number of anilines is 1. The Morgan fingerprint density at radius 2 is 2.05 bits per heavy atom. The smallest absolute Gasteiger partial charge is 0.330 e. The molecule has 1 aromatic carbocycles. The van der Waals surface area contributed by atoms with Gasteiger partial charge in [0, 0.05) is 18.4 Å². The van der Waals surface area contributed by atoms with Crippen molar-refractivity contribution in [2.75, 3.05) is 11.9 Å². The van der Waals surface area contributed by atoms with Crippen molar-refractivity contribution in [2.45, 2.75) is 20.8 Å². The molecule has 0 unspecified atom stereocenters. The molecule has 0 radical (unpaired) electrons. The number of amides is 2. The standard InChI is InChI=1S/C15H20N4O2/c1-10(2)8-16-14(20)18-12-6-4-5-7-13(12)19-11(3)9-17-15(19)21/h4-7,9-10H,8H2,1-3H3,(H,17,21)(H2,16,18,20). The number of nitrogens with one attached hydrogen (secondary N) is 3. The van der Waals surface area contributed by atoms with Crippen LogP contribution >= 0.6 is 0 Å². The Morgan fingerprint density at radius 1 is 1.33 bits per heavy atom. The van der Waals surface area contributed by atoms with Gasteiger partial charge in [-0.05, 0) is 25.0 Å². The Bertz CT molecular complexity index is 685. The van der Waals surface area contributed by atoms with E-state index >= 15 is 0 Å². The largest absolute Gasteiger partial charge is 0.338 e. The second-order valence-corrected chi connectivity index (χ2v) is 5.32. The summed E-state index contributed by atoms with van der Waals surface area (Å²) >= 11 is 0. The number of aryl methyl sites for hydroxylation is 1. The molecule has 3 N–H and O–H groups in total. The van der Waals surface area contributed by atoms with Gasteiger partial charge in [-0.25, -0.2) is 9.59 Å². The summed E-state index contributed by atoms with van der Waals surface area (Å²) in [4.78, 5) is 26.4. The number of H-pyrrole nitrogens is 1. The number of imidazole rings is 1. The van der Waals surface area contributed by atoms with Crippen molar-refractivity contribution in [1.29, 1.82) is 0 Å². The minimum absolute atomic E-state index is 0.232. The minimum atomic E-state index is -0.280. The zero-order valence-corrected chi connectivity index (χ0v) is 12.4. The van der Waals surface area contributed by atoms with Gasteiger partial charge in [0.15, 0.2) is 0 Å². The van der Waals surface area contributed by atoms with Crippen LogP contribution in [0.5, 0.6) is 0 Å². The maximum absolute atomic E-state index is 11.9. The molecule has 0 aliphatic heterocycles. The molecule has 1 aromatic heterocycles. The van der Waals surface area contributed by atoms with E-state index in [9.17, 15) is 9.59 Å². The molecule has 0 aliphatic rings. The number of carbonyl (C=O) groups is 1. The Labute approximate surface area is 123 Å². The van der Waals surface area contributed by atoms with Crippen LogP contribution in [0.1, 0.15) is 19.5 Å². The van der Waals surface area contributed by atoms with Crippen molar-refractivity contribution in [2.24, 2.45) is 5.92 Å². The van der Waals surface area contributed by atoms with Gasteiger partial charge in [0.1, 0.15) is 0 Å². The summed E-state index contributed by atoms with van der Waals surface area (Å²) in [5.41, 5.74) is 1.77. The average Bonchev–Trinajstić information content (AvgIpc) is 2.77. The summed E-state index contributed by atoms with van der Waals surface area (Å²) < 4.78 is 1.53. The lowest BCUT2D eigenvalue weighted by Crippen LogP contribution is -2.32. The van der Waals surface area contributed by atoms with Crippen molar-refractivity contribution < 1.29 is 4.79 Å². The zero-order chi connectivity index (χ0) is 15.4. The Morgan fingerprint density at radius 3 is 2.67 bits per heavy atom. The number of urea groups is 1. The van der Waals surface area contributed by atoms with Gasteiger partial charge < -0.3 is 15.6 Å². The highest BCUT2D eigenvalue weighted by Crippen LogP contribution is 2.19. The van der Waals surface area contributed by atoms with Gasteiger partial charge in [-0.1, -0.05) is 26.0 Å². The van der Waals surface area contributed by atoms with Crippen molar-refractivity contribution in [1.82, 2.24) is 14.9 Å². The molecule has 0 atom stereocenters. The summed E-state index contributed by atoms with van der Waals surface area (Å²) in [6, 6.07) is 6.92. The number of para-hydroxylation sites is 2.